The Kier molecular flexibility index (Phi) is 15.4. The summed E-state index contributed by atoms with van der Waals surface area (Å²) in [7, 11) is 0. The van der Waals surface area contributed by atoms with Gasteiger partial charge in [-0.25, -0.2) is 0 Å². The number of carbonyl (C=O) groups excluding carboxylic acids is 7. The Balaban J connectivity index is 2.71. The number of hydrogen-bond donors (Lipinski definition) is 1. The van der Waals surface area contributed by atoms with Gasteiger partial charge in [0.05, 0.1) is 13.2 Å². The van der Waals surface area contributed by atoms with E-state index in [1.165, 1.54) is 0 Å². The molecule has 0 aromatic rings. The molecular weight excluding hydrogens is 640 g/mol. The van der Waals surface area contributed by atoms with Crippen LogP contribution in [0.3, 0.4) is 0 Å². The van der Waals surface area contributed by atoms with Crippen LogP contribution in [0.1, 0.15) is 48.5 Å². The monoisotopic (exact) mass is 680 g/mol. The van der Waals surface area contributed by atoms with Crippen molar-refractivity contribution < 1.29 is 90.8 Å². The molecule has 0 aromatic heterocycles. The Morgan fingerprint density at radius 3 is 1.28 bits per heavy atom. The molecule has 10 atom stereocenters. The highest BCUT2D eigenvalue weighted by Crippen LogP contribution is 2.35. The second kappa shape index (κ2) is 18.4. The molecule has 0 radical (unpaired) electrons. The molecule has 0 unspecified atom stereocenters. The van der Waals surface area contributed by atoms with Crippen LogP contribution < -0.4 is 0 Å². The normalized spacial score (nSPS) is 30.2. The quantitative estimate of drug-likeness (QED) is 0.164. The van der Waals surface area contributed by atoms with Gasteiger partial charge in [-0.1, -0.05) is 0 Å². The summed E-state index contributed by atoms with van der Waals surface area (Å²) < 4.78 is 60.9. The molecular formula is C28H40O19. The van der Waals surface area contributed by atoms with Crippen LogP contribution in [0.2, 0.25) is 0 Å². The fourth-order valence-electron chi connectivity index (χ4n) is 4.78. The van der Waals surface area contributed by atoms with E-state index in [-0.39, 0.29) is 6.61 Å². The van der Waals surface area contributed by atoms with E-state index in [1.807, 2.05) is 0 Å². The molecule has 19 nitrogen and oxygen atoms in total. The molecule has 266 valence electrons. The number of ether oxygens (including phenoxy) is 11. The maximum Gasteiger partial charge on any atom is 0.303 e. The average molecular weight is 681 g/mol. The molecule has 0 spiro atoms. The lowest BCUT2D eigenvalue weighted by Crippen LogP contribution is -2.67. The zero-order valence-corrected chi connectivity index (χ0v) is 26.9. The Hall–Kier alpha value is -3.91. The van der Waals surface area contributed by atoms with Crippen LogP contribution in [0.15, 0.2) is 0 Å². The molecule has 2 aliphatic heterocycles. The van der Waals surface area contributed by atoms with Crippen molar-refractivity contribution in [3.05, 3.63) is 0 Å². The van der Waals surface area contributed by atoms with Crippen LogP contribution in [0, 0.1) is 0 Å². The number of aliphatic hydroxyl groups excluding tert-OH is 1. The van der Waals surface area contributed by atoms with Crippen molar-refractivity contribution in [2.75, 3.05) is 26.4 Å². The van der Waals surface area contributed by atoms with Gasteiger partial charge in [-0.15, -0.1) is 0 Å². The molecule has 47 heavy (non-hydrogen) atoms. The van der Waals surface area contributed by atoms with Crippen molar-refractivity contribution in [2.45, 2.75) is 110 Å². The van der Waals surface area contributed by atoms with Gasteiger partial charge in [-0.2, -0.15) is 0 Å². The minimum Gasteiger partial charge on any atom is -0.463 e. The second-order valence-electron chi connectivity index (χ2n) is 10.3. The van der Waals surface area contributed by atoms with Gasteiger partial charge in [-0.3, -0.25) is 33.6 Å². The summed E-state index contributed by atoms with van der Waals surface area (Å²) in [6, 6.07) is 0. The minimum absolute atomic E-state index is 0.319. The van der Waals surface area contributed by atoms with Gasteiger partial charge in [0.1, 0.15) is 31.5 Å². The first-order valence-corrected chi connectivity index (χ1v) is 14.4. The summed E-state index contributed by atoms with van der Waals surface area (Å²) in [5, 5.41) is 9.33. The summed E-state index contributed by atoms with van der Waals surface area (Å²) in [4.78, 5) is 84.4. The first-order chi connectivity index (χ1) is 22.0. The van der Waals surface area contributed by atoms with Crippen molar-refractivity contribution in [3.8, 4) is 0 Å². The van der Waals surface area contributed by atoms with Gasteiger partial charge in [0.15, 0.2) is 43.1 Å². The molecule has 2 fully saturated rings. The lowest BCUT2D eigenvalue weighted by Gasteiger charge is -2.48. The summed E-state index contributed by atoms with van der Waals surface area (Å²) in [6.45, 7) is 5.44. The summed E-state index contributed by atoms with van der Waals surface area (Å²) in [6.07, 6.45) is -15.6. The van der Waals surface area contributed by atoms with Crippen molar-refractivity contribution in [3.63, 3.8) is 0 Å². The highest BCUT2D eigenvalue weighted by atomic mass is 16.8. The number of aliphatic hydroxyl groups is 1. The van der Waals surface area contributed by atoms with E-state index in [0.29, 0.717) is 0 Å². The van der Waals surface area contributed by atoms with Crippen LogP contribution in [0.4, 0.5) is 0 Å². The second-order valence-corrected chi connectivity index (χ2v) is 10.3. The summed E-state index contributed by atoms with van der Waals surface area (Å²) >= 11 is 0. The fourth-order valence-corrected chi connectivity index (χ4v) is 4.78. The van der Waals surface area contributed by atoms with E-state index in [9.17, 15) is 38.7 Å². The van der Waals surface area contributed by atoms with Crippen molar-refractivity contribution >= 4 is 41.8 Å². The lowest BCUT2D eigenvalue weighted by atomic mass is 9.96. The molecule has 0 aromatic carbocycles. The van der Waals surface area contributed by atoms with Gasteiger partial charge in [0.25, 0.3) is 0 Å². The van der Waals surface area contributed by atoms with E-state index in [2.05, 4.69) is 0 Å². The maximum absolute atomic E-state index is 12.3. The zero-order valence-electron chi connectivity index (χ0n) is 26.9. The highest BCUT2D eigenvalue weighted by Gasteiger charge is 2.57. The number of carbonyl (C=O) groups is 7. The van der Waals surface area contributed by atoms with Crippen molar-refractivity contribution in [2.24, 2.45) is 0 Å². The smallest absolute Gasteiger partial charge is 0.303 e. The predicted molar refractivity (Wildman–Crippen MR) is 146 cm³/mol. The molecule has 19 heteroatoms. The van der Waals surface area contributed by atoms with Crippen LogP contribution >= 0.6 is 0 Å². The Bertz CT molecular complexity index is 1140. The molecule has 0 bridgehead atoms. The predicted octanol–water partition coefficient (Wildman–Crippen LogP) is -1.38. The molecule has 2 saturated heterocycles. The highest BCUT2D eigenvalue weighted by molar-refractivity contribution is 5.69. The molecule has 0 saturated carbocycles. The molecule has 2 rings (SSSR count). The lowest BCUT2D eigenvalue weighted by molar-refractivity contribution is -0.361. The fraction of sp³-hybridized carbons (Fsp3) is 0.750. The SMILES string of the molecule is CC(=O)OC[C@H]1O[C@@H](O[C@H]2[C@H](OC(C)=O)[C@@H](OC(C)=O)[C@H](OCCO)O[C@@H]2COC(C)=O)[C@H](OC(C)=O)[C@@H](OC(C)=O)[C@H]1OC(C)=O. The third-order valence-corrected chi connectivity index (χ3v) is 6.26. The van der Waals surface area contributed by atoms with Gasteiger partial charge >= 0.3 is 41.8 Å². The van der Waals surface area contributed by atoms with Crippen molar-refractivity contribution in [1.29, 1.82) is 0 Å². The number of hydrogen-bond acceptors (Lipinski definition) is 19. The van der Waals surface area contributed by atoms with E-state index in [4.69, 9.17) is 52.1 Å². The third-order valence-electron chi connectivity index (χ3n) is 6.26. The van der Waals surface area contributed by atoms with E-state index in [0.717, 1.165) is 48.5 Å². The molecule has 0 amide bonds. The van der Waals surface area contributed by atoms with Crippen molar-refractivity contribution in [1.82, 2.24) is 0 Å². The first kappa shape index (κ1) is 39.3. The Morgan fingerprint density at radius 2 is 0.851 bits per heavy atom. The van der Waals surface area contributed by atoms with Crippen LogP contribution in [0.25, 0.3) is 0 Å². The Labute approximate surface area is 269 Å². The Morgan fingerprint density at radius 1 is 0.489 bits per heavy atom. The largest absolute Gasteiger partial charge is 0.463 e. The first-order valence-electron chi connectivity index (χ1n) is 14.4. The van der Waals surface area contributed by atoms with E-state index >= 15 is 0 Å². The van der Waals surface area contributed by atoms with E-state index < -0.39 is 123 Å². The molecule has 1 N–H and O–H groups in total. The van der Waals surface area contributed by atoms with Crippen LogP contribution in [0.5, 0.6) is 0 Å². The molecule has 2 heterocycles. The minimum atomic E-state index is -1.80. The van der Waals surface area contributed by atoms with Gasteiger partial charge in [0, 0.05) is 48.5 Å². The van der Waals surface area contributed by atoms with Crippen LogP contribution in [-0.2, 0) is 85.7 Å². The summed E-state index contributed by atoms with van der Waals surface area (Å²) in [5.41, 5.74) is 0. The third kappa shape index (κ3) is 12.3. The van der Waals surface area contributed by atoms with E-state index in [1.54, 1.807) is 0 Å². The number of rotatable bonds is 14. The average Bonchev–Trinajstić information content (AvgIpc) is 2.94. The zero-order chi connectivity index (χ0) is 35.4. The van der Waals surface area contributed by atoms with Crippen LogP contribution in [-0.4, -0.2) is 135 Å². The maximum atomic E-state index is 12.3. The summed E-state index contributed by atoms with van der Waals surface area (Å²) in [5.74, 6) is -5.95. The van der Waals surface area contributed by atoms with Gasteiger partial charge < -0.3 is 57.2 Å². The van der Waals surface area contributed by atoms with Gasteiger partial charge in [-0.05, 0) is 0 Å². The molecule has 0 aliphatic carbocycles. The van der Waals surface area contributed by atoms with Gasteiger partial charge in [0.2, 0.25) is 0 Å². The number of esters is 7. The topological polar surface area (TPSA) is 241 Å². The molecule has 2 aliphatic rings. The standard InChI is InChI=1S/C28H40O19/c1-12(30)38-10-19-21(40-14(3)32)23(41-15(4)33)26(44-18(7)36)28(46-19)47-22-20(11-39-13(2)31)45-27(37-9-8-29)25(43-17(6)35)24(22)42-16(5)34/h19-29H,8-11H2,1-7H3/t19-,20-,21+,22-,23+,24+,25-,26-,27-,28+/m1/s1.